The van der Waals surface area contributed by atoms with Crippen LogP contribution in [0.4, 0.5) is 0 Å². The van der Waals surface area contributed by atoms with Crippen LogP contribution < -0.4 is 5.56 Å². The van der Waals surface area contributed by atoms with Gasteiger partial charge in [-0.15, -0.1) is 0 Å². The number of rotatable bonds is 1. The van der Waals surface area contributed by atoms with Crippen LogP contribution in [0, 0.1) is 5.41 Å². The predicted molar refractivity (Wildman–Crippen MR) is 75.1 cm³/mol. The van der Waals surface area contributed by atoms with Crippen molar-refractivity contribution in [2.45, 2.75) is 33.2 Å². The van der Waals surface area contributed by atoms with Crippen molar-refractivity contribution < 1.29 is 9.90 Å². The molecule has 1 aromatic carbocycles. The van der Waals surface area contributed by atoms with E-state index in [4.69, 9.17) is 5.11 Å². The molecule has 3 rings (SSSR count). The first kappa shape index (κ1) is 12.8. The van der Waals surface area contributed by atoms with E-state index >= 15 is 0 Å². The van der Waals surface area contributed by atoms with E-state index in [0.717, 1.165) is 18.7 Å². The number of hydrogen-bond donors (Lipinski definition) is 1. The van der Waals surface area contributed by atoms with Crippen LogP contribution in [-0.4, -0.2) is 20.6 Å². The lowest BCUT2D eigenvalue weighted by molar-refractivity contribution is 0.0697. The van der Waals surface area contributed by atoms with Crippen LogP contribution in [-0.2, 0) is 13.0 Å². The quantitative estimate of drug-likeness (QED) is 0.862. The smallest absolute Gasteiger partial charge is 0.335 e. The molecule has 2 heterocycles. The van der Waals surface area contributed by atoms with Crippen molar-refractivity contribution in [2.24, 2.45) is 5.41 Å². The van der Waals surface area contributed by atoms with E-state index in [0.29, 0.717) is 17.4 Å². The molecule has 1 N–H and O–H groups in total. The number of nitrogens with zero attached hydrogens (tertiary/aromatic N) is 2. The highest BCUT2D eigenvalue weighted by atomic mass is 16.4. The Morgan fingerprint density at radius 2 is 2.15 bits per heavy atom. The molecule has 0 fully saturated rings. The summed E-state index contributed by atoms with van der Waals surface area (Å²) in [4.78, 5) is 28.0. The number of hydrogen-bond acceptors (Lipinski definition) is 3. The molecule has 0 spiro atoms. The number of aromatic nitrogens is 2. The molecule has 5 nitrogen and oxygen atoms in total. The zero-order valence-electron chi connectivity index (χ0n) is 11.5. The number of fused-ring (bicyclic) bond motifs is 2. The van der Waals surface area contributed by atoms with E-state index in [1.165, 1.54) is 12.1 Å². The molecule has 20 heavy (non-hydrogen) atoms. The predicted octanol–water partition coefficient (Wildman–Crippen LogP) is 2.07. The van der Waals surface area contributed by atoms with E-state index in [9.17, 15) is 9.59 Å². The molecule has 0 aliphatic carbocycles. The summed E-state index contributed by atoms with van der Waals surface area (Å²) in [6.45, 7) is 4.94. The lowest BCUT2D eigenvalue weighted by atomic mass is 9.85. The van der Waals surface area contributed by atoms with Crippen LogP contribution in [0.5, 0.6) is 0 Å². The lowest BCUT2D eigenvalue weighted by Crippen LogP contribution is -2.36. The SMILES string of the molecule is CC1(C)CCc2nc3cc(C(=O)O)ccc3c(=O)n2C1. The molecule has 0 bridgehead atoms. The van der Waals surface area contributed by atoms with Crippen molar-refractivity contribution in [3.8, 4) is 0 Å². The maximum Gasteiger partial charge on any atom is 0.335 e. The maximum atomic E-state index is 12.5. The Hall–Kier alpha value is -2.17. The first-order valence-corrected chi connectivity index (χ1v) is 6.64. The summed E-state index contributed by atoms with van der Waals surface area (Å²) in [5.74, 6) is -0.253. The second-order valence-corrected chi connectivity index (χ2v) is 6.12. The third kappa shape index (κ3) is 1.99. The van der Waals surface area contributed by atoms with Gasteiger partial charge >= 0.3 is 5.97 Å². The monoisotopic (exact) mass is 272 g/mol. The van der Waals surface area contributed by atoms with Gasteiger partial charge < -0.3 is 5.11 Å². The van der Waals surface area contributed by atoms with Crippen molar-refractivity contribution in [3.63, 3.8) is 0 Å². The van der Waals surface area contributed by atoms with E-state index in [-0.39, 0.29) is 16.5 Å². The maximum absolute atomic E-state index is 12.5. The van der Waals surface area contributed by atoms with Crippen molar-refractivity contribution in [3.05, 3.63) is 39.9 Å². The minimum absolute atomic E-state index is 0.0743. The van der Waals surface area contributed by atoms with Gasteiger partial charge in [0.25, 0.3) is 5.56 Å². The van der Waals surface area contributed by atoms with Gasteiger partial charge in [0.05, 0.1) is 16.5 Å². The Labute approximate surface area is 115 Å². The van der Waals surface area contributed by atoms with E-state index < -0.39 is 5.97 Å². The highest BCUT2D eigenvalue weighted by Gasteiger charge is 2.27. The molecular weight excluding hydrogens is 256 g/mol. The normalized spacial score (nSPS) is 16.9. The van der Waals surface area contributed by atoms with Gasteiger partial charge in [0.15, 0.2) is 0 Å². The van der Waals surface area contributed by atoms with Crippen molar-refractivity contribution >= 4 is 16.9 Å². The largest absolute Gasteiger partial charge is 0.478 e. The van der Waals surface area contributed by atoms with Gasteiger partial charge in [0, 0.05) is 13.0 Å². The summed E-state index contributed by atoms with van der Waals surface area (Å²) in [6.07, 6.45) is 1.72. The molecule has 0 saturated heterocycles. The Kier molecular flexibility index (Phi) is 2.67. The highest BCUT2D eigenvalue weighted by Crippen LogP contribution is 2.29. The van der Waals surface area contributed by atoms with Crippen molar-refractivity contribution in [2.75, 3.05) is 0 Å². The van der Waals surface area contributed by atoms with Gasteiger partial charge in [-0.2, -0.15) is 0 Å². The van der Waals surface area contributed by atoms with Crippen LogP contribution in [0.2, 0.25) is 0 Å². The van der Waals surface area contributed by atoms with Crippen LogP contribution in [0.15, 0.2) is 23.0 Å². The standard InChI is InChI=1S/C15H16N2O3/c1-15(2)6-5-12-16-11-7-9(14(19)20)3-4-10(11)13(18)17(12)8-15/h3-4,7H,5-6,8H2,1-2H3,(H,19,20). The van der Waals surface area contributed by atoms with Gasteiger partial charge in [0.1, 0.15) is 5.82 Å². The van der Waals surface area contributed by atoms with E-state index in [2.05, 4.69) is 18.8 Å². The summed E-state index contributed by atoms with van der Waals surface area (Å²) in [5.41, 5.74) is 0.647. The van der Waals surface area contributed by atoms with Gasteiger partial charge in [-0.05, 0) is 30.0 Å². The Balaban J connectivity index is 2.25. The minimum Gasteiger partial charge on any atom is -0.478 e. The summed E-state index contributed by atoms with van der Waals surface area (Å²) in [5, 5.41) is 9.49. The number of benzene rings is 1. The van der Waals surface area contributed by atoms with Gasteiger partial charge in [-0.1, -0.05) is 13.8 Å². The zero-order valence-corrected chi connectivity index (χ0v) is 11.5. The van der Waals surface area contributed by atoms with Crippen LogP contribution in [0.1, 0.15) is 36.5 Å². The number of carboxylic acid groups (broad SMARTS) is 1. The first-order valence-electron chi connectivity index (χ1n) is 6.64. The van der Waals surface area contributed by atoms with Crippen LogP contribution in [0.25, 0.3) is 10.9 Å². The Morgan fingerprint density at radius 1 is 1.40 bits per heavy atom. The average Bonchev–Trinajstić information content (AvgIpc) is 2.39. The number of aromatic carboxylic acids is 1. The Bertz CT molecular complexity index is 775. The van der Waals surface area contributed by atoms with Crippen LogP contribution >= 0.6 is 0 Å². The van der Waals surface area contributed by atoms with Crippen LogP contribution in [0.3, 0.4) is 0 Å². The molecule has 0 amide bonds. The van der Waals surface area contributed by atoms with Crippen molar-refractivity contribution in [1.29, 1.82) is 0 Å². The fourth-order valence-electron chi connectivity index (χ4n) is 2.71. The fourth-order valence-corrected chi connectivity index (χ4v) is 2.71. The Morgan fingerprint density at radius 3 is 2.85 bits per heavy atom. The molecule has 2 aromatic rings. The molecule has 1 aliphatic heterocycles. The molecule has 104 valence electrons. The second-order valence-electron chi connectivity index (χ2n) is 6.12. The third-order valence-corrected chi connectivity index (χ3v) is 3.89. The molecule has 5 heteroatoms. The minimum atomic E-state index is -1.01. The summed E-state index contributed by atoms with van der Waals surface area (Å²) < 4.78 is 1.73. The molecule has 0 saturated carbocycles. The van der Waals surface area contributed by atoms with Gasteiger partial charge in [0.2, 0.25) is 0 Å². The van der Waals surface area contributed by atoms with E-state index in [1.54, 1.807) is 10.6 Å². The lowest BCUT2D eigenvalue weighted by Gasteiger charge is -2.31. The van der Waals surface area contributed by atoms with Gasteiger partial charge in [-0.3, -0.25) is 9.36 Å². The summed E-state index contributed by atoms with van der Waals surface area (Å²) in [6, 6.07) is 4.48. The summed E-state index contributed by atoms with van der Waals surface area (Å²) in [7, 11) is 0. The number of carboxylic acids is 1. The molecular formula is C15H16N2O3. The molecule has 0 radical (unpaired) electrons. The first-order chi connectivity index (χ1) is 9.37. The topological polar surface area (TPSA) is 72.2 Å². The number of aryl methyl sites for hydroxylation is 1. The molecule has 1 aliphatic rings. The zero-order chi connectivity index (χ0) is 14.5. The second kappa shape index (κ2) is 4.16. The third-order valence-electron chi connectivity index (χ3n) is 3.89. The fraction of sp³-hybridized carbons (Fsp3) is 0.400. The van der Waals surface area contributed by atoms with E-state index in [1.807, 2.05) is 0 Å². The van der Waals surface area contributed by atoms with Gasteiger partial charge in [-0.25, -0.2) is 9.78 Å². The summed E-state index contributed by atoms with van der Waals surface area (Å²) >= 11 is 0. The molecule has 1 aromatic heterocycles. The average molecular weight is 272 g/mol. The number of carbonyl (C=O) groups is 1. The molecule has 0 atom stereocenters. The highest BCUT2D eigenvalue weighted by molar-refractivity contribution is 5.92. The molecule has 0 unspecified atom stereocenters. The van der Waals surface area contributed by atoms with Crippen molar-refractivity contribution in [1.82, 2.24) is 9.55 Å².